The van der Waals surface area contributed by atoms with Crippen molar-refractivity contribution in [1.82, 2.24) is 4.98 Å². The summed E-state index contributed by atoms with van der Waals surface area (Å²) in [6.45, 7) is 2.26. The van der Waals surface area contributed by atoms with Crippen molar-refractivity contribution in [3.63, 3.8) is 0 Å². The first-order valence-corrected chi connectivity index (χ1v) is 6.53. The zero-order chi connectivity index (χ0) is 13.9. The van der Waals surface area contributed by atoms with Gasteiger partial charge in [0.2, 0.25) is 0 Å². The second kappa shape index (κ2) is 5.21. The molecule has 0 bridgehead atoms. The minimum Gasteiger partial charge on any atom is -0.457 e. The first kappa shape index (κ1) is 12.5. The van der Waals surface area contributed by atoms with E-state index in [0.717, 1.165) is 22.2 Å². The molecule has 1 heterocycles. The second-order valence-electron chi connectivity index (χ2n) is 4.78. The van der Waals surface area contributed by atoms with Crippen molar-refractivity contribution < 1.29 is 9.53 Å². The van der Waals surface area contributed by atoms with Crippen LogP contribution in [0, 0.1) is 6.92 Å². The number of carbonyl (C=O) groups is 1. The SMILES string of the molecule is Cc1cc2c(C(=O)OCc3ccccc3)cccc2[nH]1. The number of nitrogens with one attached hydrogen (secondary N) is 1. The molecule has 1 N–H and O–H groups in total. The van der Waals surface area contributed by atoms with E-state index in [-0.39, 0.29) is 5.97 Å². The third-order valence-corrected chi connectivity index (χ3v) is 3.23. The molecule has 0 saturated carbocycles. The molecular weight excluding hydrogens is 250 g/mol. The second-order valence-corrected chi connectivity index (χ2v) is 4.78. The Morgan fingerprint density at radius 2 is 1.90 bits per heavy atom. The van der Waals surface area contributed by atoms with E-state index in [4.69, 9.17) is 4.74 Å². The Morgan fingerprint density at radius 1 is 1.10 bits per heavy atom. The van der Waals surface area contributed by atoms with Gasteiger partial charge in [-0.1, -0.05) is 36.4 Å². The number of aromatic nitrogens is 1. The molecule has 0 aliphatic heterocycles. The molecule has 100 valence electrons. The molecule has 0 aliphatic rings. The average Bonchev–Trinajstić information content (AvgIpc) is 2.85. The van der Waals surface area contributed by atoms with Gasteiger partial charge in [-0.15, -0.1) is 0 Å². The van der Waals surface area contributed by atoms with Crippen LogP contribution in [0.25, 0.3) is 10.9 Å². The van der Waals surface area contributed by atoms with Gasteiger partial charge in [-0.2, -0.15) is 0 Å². The quantitative estimate of drug-likeness (QED) is 0.731. The van der Waals surface area contributed by atoms with Crippen LogP contribution in [0.3, 0.4) is 0 Å². The van der Waals surface area contributed by atoms with Crippen LogP contribution in [0.15, 0.2) is 54.6 Å². The molecule has 0 amide bonds. The standard InChI is InChI=1S/C17H15NO2/c1-12-10-15-14(8-5-9-16(15)18-12)17(19)20-11-13-6-3-2-4-7-13/h2-10,18H,11H2,1H3. The summed E-state index contributed by atoms with van der Waals surface area (Å²) in [6, 6.07) is 17.3. The Hall–Kier alpha value is -2.55. The van der Waals surface area contributed by atoms with E-state index in [2.05, 4.69) is 4.98 Å². The molecular formula is C17H15NO2. The van der Waals surface area contributed by atoms with Crippen molar-refractivity contribution in [3.8, 4) is 0 Å². The summed E-state index contributed by atoms with van der Waals surface area (Å²) in [5.74, 6) is -0.293. The Kier molecular flexibility index (Phi) is 3.25. The number of fused-ring (bicyclic) bond motifs is 1. The maximum absolute atomic E-state index is 12.2. The Balaban J connectivity index is 1.82. The van der Waals surface area contributed by atoms with Crippen LogP contribution in [-0.4, -0.2) is 11.0 Å². The van der Waals surface area contributed by atoms with Crippen molar-refractivity contribution in [2.24, 2.45) is 0 Å². The van der Waals surface area contributed by atoms with Crippen LogP contribution in [0.2, 0.25) is 0 Å². The van der Waals surface area contributed by atoms with Gasteiger partial charge in [0, 0.05) is 16.6 Å². The fourth-order valence-corrected chi connectivity index (χ4v) is 2.27. The average molecular weight is 265 g/mol. The molecule has 0 spiro atoms. The lowest BCUT2D eigenvalue weighted by molar-refractivity contribution is 0.0475. The molecule has 3 nitrogen and oxygen atoms in total. The van der Waals surface area contributed by atoms with Crippen LogP contribution < -0.4 is 0 Å². The van der Waals surface area contributed by atoms with Crippen LogP contribution in [0.5, 0.6) is 0 Å². The highest BCUT2D eigenvalue weighted by atomic mass is 16.5. The van der Waals surface area contributed by atoms with Gasteiger partial charge in [0.05, 0.1) is 5.56 Å². The number of hydrogen-bond acceptors (Lipinski definition) is 2. The van der Waals surface area contributed by atoms with Crippen molar-refractivity contribution in [2.75, 3.05) is 0 Å². The summed E-state index contributed by atoms with van der Waals surface area (Å²) < 4.78 is 5.38. The minimum atomic E-state index is -0.293. The van der Waals surface area contributed by atoms with Crippen molar-refractivity contribution in [3.05, 3.63) is 71.4 Å². The predicted octanol–water partition coefficient (Wildman–Crippen LogP) is 3.83. The van der Waals surface area contributed by atoms with Crippen molar-refractivity contribution in [2.45, 2.75) is 13.5 Å². The first-order chi connectivity index (χ1) is 9.74. The largest absolute Gasteiger partial charge is 0.457 e. The third kappa shape index (κ3) is 2.43. The maximum atomic E-state index is 12.2. The lowest BCUT2D eigenvalue weighted by atomic mass is 10.1. The highest BCUT2D eigenvalue weighted by molar-refractivity contribution is 6.03. The summed E-state index contributed by atoms with van der Waals surface area (Å²) in [6.07, 6.45) is 0. The van der Waals surface area contributed by atoms with Gasteiger partial charge >= 0.3 is 5.97 Å². The van der Waals surface area contributed by atoms with E-state index in [0.29, 0.717) is 12.2 Å². The smallest absolute Gasteiger partial charge is 0.339 e. The van der Waals surface area contributed by atoms with E-state index in [1.54, 1.807) is 6.07 Å². The van der Waals surface area contributed by atoms with E-state index >= 15 is 0 Å². The Morgan fingerprint density at radius 3 is 2.70 bits per heavy atom. The minimum absolute atomic E-state index is 0.291. The van der Waals surface area contributed by atoms with Crippen molar-refractivity contribution in [1.29, 1.82) is 0 Å². The Bertz CT molecular complexity index is 744. The third-order valence-electron chi connectivity index (χ3n) is 3.23. The highest BCUT2D eigenvalue weighted by Crippen LogP contribution is 2.20. The fourth-order valence-electron chi connectivity index (χ4n) is 2.27. The fraction of sp³-hybridized carbons (Fsp3) is 0.118. The zero-order valence-electron chi connectivity index (χ0n) is 11.2. The van der Waals surface area contributed by atoms with Crippen LogP contribution in [0.1, 0.15) is 21.6 Å². The van der Waals surface area contributed by atoms with Gasteiger partial charge in [0.15, 0.2) is 0 Å². The van der Waals surface area contributed by atoms with E-state index in [1.807, 2.05) is 55.5 Å². The number of H-pyrrole nitrogens is 1. The van der Waals surface area contributed by atoms with Gasteiger partial charge in [-0.25, -0.2) is 4.79 Å². The maximum Gasteiger partial charge on any atom is 0.339 e. The molecule has 20 heavy (non-hydrogen) atoms. The molecule has 0 unspecified atom stereocenters. The molecule has 3 heteroatoms. The monoisotopic (exact) mass is 265 g/mol. The molecule has 0 radical (unpaired) electrons. The number of carbonyl (C=O) groups excluding carboxylic acids is 1. The lowest BCUT2D eigenvalue weighted by Gasteiger charge is -2.05. The predicted molar refractivity (Wildman–Crippen MR) is 78.6 cm³/mol. The molecule has 1 aromatic heterocycles. The van der Waals surface area contributed by atoms with E-state index in [1.165, 1.54) is 0 Å². The molecule has 3 rings (SSSR count). The molecule has 0 atom stereocenters. The lowest BCUT2D eigenvalue weighted by Crippen LogP contribution is -2.05. The molecule has 3 aromatic rings. The van der Waals surface area contributed by atoms with E-state index in [9.17, 15) is 4.79 Å². The number of esters is 1. The summed E-state index contributed by atoms with van der Waals surface area (Å²) in [5.41, 5.74) is 3.57. The number of benzene rings is 2. The van der Waals surface area contributed by atoms with E-state index < -0.39 is 0 Å². The molecule has 0 aliphatic carbocycles. The summed E-state index contributed by atoms with van der Waals surface area (Å²) in [5, 5.41) is 0.906. The first-order valence-electron chi connectivity index (χ1n) is 6.53. The van der Waals surface area contributed by atoms with Gasteiger partial charge in [0.25, 0.3) is 0 Å². The van der Waals surface area contributed by atoms with Gasteiger partial charge in [-0.05, 0) is 30.7 Å². The highest BCUT2D eigenvalue weighted by Gasteiger charge is 2.12. The number of hydrogen-bond donors (Lipinski definition) is 1. The van der Waals surface area contributed by atoms with Crippen LogP contribution in [0.4, 0.5) is 0 Å². The molecule has 0 saturated heterocycles. The summed E-state index contributed by atoms with van der Waals surface area (Å²) >= 11 is 0. The number of rotatable bonds is 3. The Labute approximate surface area is 117 Å². The van der Waals surface area contributed by atoms with Crippen molar-refractivity contribution >= 4 is 16.9 Å². The topological polar surface area (TPSA) is 42.1 Å². The normalized spacial score (nSPS) is 10.7. The summed E-state index contributed by atoms with van der Waals surface area (Å²) in [4.78, 5) is 15.4. The summed E-state index contributed by atoms with van der Waals surface area (Å²) in [7, 11) is 0. The number of aromatic amines is 1. The van der Waals surface area contributed by atoms with Crippen LogP contribution in [-0.2, 0) is 11.3 Å². The number of ether oxygens (including phenoxy) is 1. The van der Waals surface area contributed by atoms with Gasteiger partial charge in [-0.3, -0.25) is 0 Å². The van der Waals surface area contributed by atoms with Gasteiger partial charge in [0.1, 0.15) is 6.61 Å². The number of aryl methyl sites for hydroxylation is 1. The zero-order valence-corrected chi connectivity index (χ0v) is 11.2. The van der Waals surface area contributed by atoms with Crippen LogP contribution >= 0.6 is 0 Å². The molecule has 0 fully saturated rings. The van der Waals surface area contributed by atoms with Gasteiger partial charge < -0.3 is 9.72 Å². The molecule has 2 aromatic carbocycles.